The first kappa shape index (κ1) is 23.7. The molecule has 0 bridgehead atoms. The van der Waals surface area contributed by atoms with Crippen molar-refractivity contribution in [2.24, 2.45) is 0 Å². The highest BCUT2D eigenvalue weighted by Gasteiger charge is 2.12. The molecule has 3 aromatic rings. The highest BCUT2D eigenvalue weighted by atomic mass is 35.5. The number of ether oxygens (including phenoxy) is 2. The van der Waals surface area contributed by atoms with E-state index in [-0.39, 0.29) is 12.5 Å². The Morgan fingerprint density at radius 3 is 2.62 bits per heavy atom. The molecule has 0 radical (unpaired) electrons. The minimum atomic E-state index is -0.224. The van der Waals surface area contributed by atoms with Crippen LogP contribution in [0.15, 0.2) is 59.8 Å². The van der Waals surface area contributed by atoms with E-state index in [2.05, 4.69) is 15.5 Å². The van der Waals surface area contributed by atoms with Gasteiger partial charge in [0.2, 0.25) is 5.91 Å². The van der Waals surface area contributed by atoms with Gasteiger partial charge in [0.15, 0.2) is 11.0 Å². The molecule has 0 aliphatic heterocycles. The zero-order chi connectivity index (χ0) is 22.8. The number of methoxy groups -OCH3 is 1. The Hall–Kier alpha value is -2.97. The van der Waals surface area contributed by atoms with E-state index in [1.54, 1.807) is 31.0 Å². The number of amides is 1. The number of thioether (sulfide) groups is 1. The summed E-state index contributed by atoms with van der Waals surface area (Å²) < 4.78 is 12.9. The van der Waals surface area contributed by atoms with Crippen LogP contribution in [0.5, 0.6) is 11.5 Å². The molecule has 1 aromatic heterocycles. The first-order chi connectivity index (χ1) is 15.6. The topological polar surface area (TPSA) is 78.3 Å². The Labute approximate surface area is 196 Å². The smallest absolute Gasteiger partial charge is 0.244 e. The number of hydrogen-bond acceptors (Lipinski definition) is 6. The molecule has 168 valence electrons. The fraction of sp³-hybridized carbons (Fsp3) is 0.261. The van der Waals surface area contributed by atoms with Crippen molar-refractivity contribution in [3.63, 3.8) is 0 Å². The van der Waals surface area contributed by atoms with Gasteiger partial charge in [0.1, 0.15) is 11.5 Å². The molecule has 3 rings (SSSR count). The number of nitrogens with zero attached hydrogens (tertiary/aromatic N) is 3. The third-order valence-corrected chi connectivity index (χ3v) is 5.77. The van der Waals surface area contributed by atoms with Gasteiger partial charge in [0.25, 0.3) is 0 Å². The molecule has 1 N–H and O–H groups in total. The normalized spacial score (nSPS) is 11.0. The van der Waals surface area contributed by atoms with Crippen LogP contribution in [0.1, 0.15) is 18.3 Å². The van der Waals surface area contributed by atoms with Gasteiger partial charge >= 0.3 is 0 Å². The fourth-order valence-electron chi connectivity index (χ4n) is 2.84. The van der Waals surface area contributed by atoms with Crippen molar-refractivity contribution in [3.8, 4) is 11.5 Å². The van der Waals surface area contributed by atoms with Crippen molar-refractivity contribution in [2.45, 2.75) is 25.2 Å². The lowest BCUT2D eigenvalue weighted by molar-refractivity contribution is -0.116. The maximum absolute atomic E-state index is 12.2. The third kappa shape index (κ3) is 6.77. The number of halogens is 1. The van der Waals surface area contributed by atoms with E-state index in [1.165, 1.54) is 6.08 Å². The van der Waals surface area contributed by atoms with Crippen LogP contribution >= 0.6 is 23.4 Å². The van der Waals surface area contributed by atoms with Crippen molar-refractivity contribution in [3.05, 3.63) is 71.0 Å². The molecule has 2 aromatic carbocycles. The second-order valence-corrected chi connectivity index (χ2v) is 8.06. The van der Waals surface area contributed by atoms with Crippen LogP contribution < -0.4 is 14.8 Å². The van der Waals surface area contributed by atoms with Gasteiger partial charge in [-0.25, -0.2) is 0 Å². The summed E-state index contributed by atoms with van der Waals surface area (Å²) >= 11 is 7.66. The van der Waals surface area contributed by atoms with Crippen molar-refractivity contribution in [1.82, 2.24) is 20.1 Å². The van der Waals surface area contributed by atoms with Gasteiger partial charge in [-0.3, -0.25) is 4.79 Å². The quantitative estimate of drug-likeness (QED) is 0.252. The molecular weight excluding hydrogens is 448 g/mol. The van der Waals surface area contributed by atoms with Crippen molar-refractivity contribution in [1.29, 1.82) is 0 Å². The number of aromatic nitrogens is 3. The zero-order valence-corrected chi connectivity index (χ0v) is 19.5. The number of benzene rings is 2. The highest BCUT2D eigenvalue weighted by molar-refractivity contribution is 7.99. The van der Waals surface area contributed by atoms with E-state index in [0.717, 1.165) is 28.0 Å². The van der Waals surface area contributed by atoms with E-state index in [4.69, 9.17) is 21.1 Å². The maximum atomic E-state index is 12.2. The summed E-state index contributed by atoms with van der Waals surface area (Å²) in [6, 6.07) is 14.8. The molecule has 32 heavy (non-hydrogen) atoms. The van der Waals surface area contributed by atoms with Gasteiger partial charge in [-0.2, -0.15) is 0 Å². The SMILES string of the molecule is CCn1c(CNC(=O)/C=C/c2ccccc2Cl)nnc1SCCOc1ccc(OC)cc1. The molecule has 0 atom stereocenters. The molecule has 9 heteroatoms. The lowest BCUT2D eigenvalue weighted by Crippen LogP contribution is -2.22. The number of hydrogen-bond donors (Lipinski definition) is 1. The molecule has 0 unspecified atom stereocenters. The summed E-state index contributed by atoms with van der Waals surface area (Å²) in [5, 5.41) is 12.7. The number of carbonyl (C=O) groups is 1. The summed E-state index contributed by atoms with van der Waals surface area (Å²) in [5.74, 6) is 2.78. The van der Waals surface area contributed by atoms with Crippen molar-refractivity contribution in [2.75, 3.05) is 19.5 Å². The van der Waals surface area contributed by atoms with E-state index in [0.29, 0.717) is 24.0 Å². The van der Waals surface area contributed by atoms with Gasteiger partial charge in [-0.05, 0) is 48.9 Å². The number of carbonyl (C=O) groups excluding carboxylic acids is 1. The van der Waals surface area contributed by atoms with Crippen LogP contribution in [0, 0.1) is 0 Å². The second-order valence-electron chi connectivity index (χ2n) is 6.59. The molecule has 0 aliphatic rings. The van der Waals surface area contributed by atoms with Crippen LogP contribution in [0.2, 0.25) is 5.02 Å². The molecule has 7 nitrogen and oxygen atoms in total. The van der Waals surface area contributed by atoms with Gasteiger partial charge < -0.3 is 19.4 Å². The summed E-state index contributed by atoms with van der Waals surface area (Å²) in [6.45, 7) is 3.54. The average molecular weight is 473 g/mol. The summed E-state index contributed by atoms with van der Waals surface area (Å²) in [5.41, 5.74) is 0.789. The van der Waals surface area contributed by atoms with Crippen LogP contribution in [0.3, 0.4) is 0 Å². The maximum Gasteiger partial charge on any atom is 0.244 e. The van der Waals surface area contributed by atoms with Crippen LogP contribution in [0.25, 0.3) is 6.08 Å². The predicted molar refractivity (Wildman–Crippen MR) is 127 cm³/mol. The van der Waals surface area contributed by atoms with Gasteiger partial charge in [-0.15, -0.1) is 10.2 Å². The molecule has 0 saturated carbocycles. The highest BCUT2D eigenvalue weighted by Crippen LogP contribution is 2.20. The van der Waals surface area contributed by atoms with Crippen molar-refractivity contribution < 1.29 is 14.3 Å². The molecule has 0 spiro atoms. The van der Waals surface area contributed by atoms with Crippen LogP contribution in [0.4, 0.5) is 0 Å². The molecule has 0 saturated heterocycles. The third-order valence-electron chi connectivity index (χ3n) is 4.49. The number of nitrogens with one attached hydrogen (secondary N) is 1. The van der Waals surface area contributed by atoms with E-state index < -0.39 is 0 Å². The standard InChI is InChI=1S/C23H25ClN4O3S/c1-3-28-21(16-25-22(29)13-8-17-6-4-5-7-20(17)24)26-27-23(28)32-15-14-31-19-11-9-18(30-2)10-12-19/h4-13H,3,14-16H2,1-2H3,(H,25,29)/b13-8+. The van der Waals surface area contributed by atoms with Crippen LogP contribution in [-0.4, -0.2) is 40.1 Å². The van der Waals surface area contributed by atoms with Crippen molar-refractivity contribution >= 4 is 35.3 Å². The Morgan fingerprint density at radius 2 is 1.91 bits per heavy atom. The molecular formula is C23H25ClN4O3S. The van der Waals surface area contributed by atoms with Gasteiger partial charge in [-0.1, -0.05) is 41.6 Å². The zero-order valence-electron chi connectivity index (χ0n) is 18.0. The predicted octanol–water partition coefficient (Wildman–Crippen LogP) is 4.46. The minimum absolute atomic E-state index is 0.224. The lowest BCUT2D eigenvalue weighted by atomic mass is 10.2. The minimum Gasteiger partial charge on any atom is -0.497 e. The Kier molecular flexibility index (Phi) is 9.01. The van der Waals surface area contributed by atoms with Gasteiger partial charge in [0.05, 0.1) is 20.3 Å². The van der Waals surface area contributed by atoms with E-state index >= 15 is 0 Å². The summed E-state index contributed by atoms with van der Waals surface area (Å²) in [4.78, 5) is 12.2. The van der Waals surface area contributed by atoms with E-state index in [9.17, 15) is 4.79 Å². The first-order valence-corrected chi connectivity index (χ1v) is 11.5. The van der Waals surface area contributed by atoms with E-state index in [1.807, 2.05) is 54.0 Å². The second kappa shape index (κ2) is 12.2. The first-order valence-electron chi connectivity index (χ1n) is 10.1. The van der Waals surface area contributed by atoms with Gasteiger partial charge in [0, 0.05) is 23.4 Å². The summed E-state index contributed by atoms with van der Waals surface area (Å²) in [7, 11) is 1.63. The Bertz CT molecular complexity index is 1050. The largest absolute Gasteiger partial charge is 0.497 e. The lowest BCUT2D eigenvalue weighted by Gasteiger charge is -2.09. The number of rotatable bonds is 11. The summed E-state index contributed by atoms with van der Waals surface area (Å²) in [6.07, 6.45) is 3.15. The molecule has 1 heterocycles. The van der Waals surface area contributed by atoms with Crippen LogP contribution in [-0.2, 0) is 17.9 Å². The molecule has 0 fully saturated rings. The monoisotopic (exact) mass is 472 g/mol. The Morgan fingerprint density at radius 1 is 1.16 bits per heavy atom. The molecule has 0 aliphatic carbocycles. The average Bonchev–Trinajstić information content (AvgIpc) is 3.22. The fourth-order valence-corrected chi connectivity index (χ4v) is 3.88. The molecule has 1 amide bonds. The Balaban J connectivity index is 1.47.